The third kappa shape index (κ3) is 4.31. The van der Waals surface area contributed by atoms with E-state index >= 15 is 0 Å². The van der Waals surface area contributed by atoms with E-state index in [0.717, 1.165) is 17.9 Å². The van der Waals surface area contributed by atoms with Gasteiger partial charge in [0, 0.05) is 38.3 Å². The number of hydrogen-bond donors (Lipinski definition) is 1. The topological polar surface area (TPSA) is 87.2 Å². The lowest BCUT2D eigenvalue weighted by atomic mass is 10.0. The summed E-state index contributed by atoms with van der Waals surface area (Å²) < 4.78 is 29.6. The van der Waals surface area contributed by atoms with Crippen molar-refractivity contribution < 1.29 is 23.1 Å². The first-order valence-electron chi connectivity index (χ1n) is 8.41. The number of piperazine rings is 1. The molecule has 0 radical (unpaired) electrons. The zero-order valence-corrected chi connectivity index (χ0v) is 15.1. The lowest BCUT2D eigenvalue weighted by molar-refractivity contribution is -0.137. The maximum atomic E-state index is 12.2. The van der Waals surface area contributed by atoms with Crippen LogP contribution in [0, 0.1) is 0 Å². The molecule has 2 atom stereocenters. The zero-order chi connectivity index (χ0) is 18.0. The van der Waals surface area contributed by atoms with Crippen LogP contribution in [0.5, 0.6) is 5.75 Å². The molecule has 0 unspecified atom stereocenters. The van der Waals surface area contributed by atoms with Gasteiger partial charge >= 0.3 is 5.97 Å². The monoisotopic (exact) mass is 368 g/mol. The van der Waals surface area contributed by atoms with Gasteiger partial charge in [0.05, 0.1) is 25.0 Å². The number of nitrogens with zero attached hydrogens (tertiary/aromatic N) is 2. The Bertz CT molecular complexity index is 736. The van der Waals surface area contributed by atoms with Gasteiger partial charge in [0.1, 0.15) is 5.75 Å². The van der Waals surface area contributed by atoms with Gasteiger partial charge in [-0.05, 0) is 17.7 Å². The summed E-state index contributed by atoms with van der Waals surface area (Å²) in [6.45, 7) is 2.49. The zero-order valence-electron chi connectivity index (χ0n) is 14.3. The molecule has 8 heteroatoms. The van der Waals surface area contributed by atoms with Crippen molar-refractivity contribution in [1.29, 1.82) is 0 Å². The highest BCUT2D eigenvalue weighted by atomic mass is 32.2. The van der Waals surface area contributed by atoms with Crippen LogP contribution in [0.3, 0.4) is 0 Å². The summed E-state index contributed by atoms with van der Waals surface area (Å²) >= 11 is 0. The van der Waals surface area contributed by atoms with Crippen molar-refractivity contribution in [1.82, 2.24) is 9.80 Å². The van der Waals surface area contributed by atoms with Crippen molar-refractivity contribution in [3.05, 3.63) is 29.8 Å². The molecule has 3 rings (SSSR count). The fraction of sp³-hybridized carbons (Fsp3) is 0.588. The molecular weight excluding hydrogens is 344 g/mol. The van der Waals surface area contributed by atoms with E-state index in [0.29, 0.717) is 19.6 Å². The van der Waals surface area contributed by atoms with Crippen LogP contribution in [0.15, 0.2) is 24.3 Å². The van der Waals surface area contributed by atoms with E-state index in [-0.39, 0.29) is 30.0 Å². The molecule has 0 aromatic heterocycles. The van der Waals surface area contributed by atoms with Gasteiger partial charge < -0.3 is 9.84 Å². The molecule has 0 saturated carbocycles. The minimum absolute atomic E-state index is 0.0408. The lowest BCUT2D eigenvalue weighted by Gasteiger charge is -2.43. The summed E-state index contributed by atoms with van der Waals surface area (Å²) in [6.07, 6.45) is 0.0408. The lowest BCUT2D eigenvalue weighted by Crippen LogP contribution is -2.58. The molecule has 1 aromatic rings. The molecular formula is C17H24N2O5S. The Morgan fingerprint density at radius 3 is 2.60 bits per heavy atom. The molecule has 2 aliphatic rings. The van der Waals surface area contributed by atoms with E-state index in [1.54, 1.807) is 7.11 Å². The second kappa shape index (κ2) is 7.31. The maximum absolute atomic E-state index is 12.2. The third-order valence-corrected chi connectivity index (χ3v) is 6.74. The van der Waals surface area contributed by atoms with Crippen LogP contribution in [-0.4, -0.2) is 79.6 Å². The first-order valence-corrected chi connectivity index (χ1v) is 10.2. The molecule has 0 aliphatic carbocycles. The Balaban J connectivity index is 1.75. The molecule has 138 valence electrons. The average molecular weight is 368 g/mol. The Kier molecular flexibility index (Phi) is 5.31. The van der Waals surface area contributed by atoms with E-state index < -0.39 is 15.8 Å². The van der Waals surface area contributed by atoms with Crippen LogP contribution in [0.1, 0.15) is 12.0 Å². The van der Waals surface area contributed by atoms with Crippen LogP contribution in [0.2, 0.25) is 0 Å². The molecule has 2 heterocycles. The number of carboxylic acids is 1. The molecule has 0 bridgehead atoms. The van der Waals surface area contributed by atoms with E-state index in [1.165, 1.54) is 0 Å². The van der Waals surface area contributed by atoms with E-state index in [4.69, 9.17) is 9.84 Å². The Labute approximate surface area is 148 Å². The van der Waals surface area contributed by atoms with E-state index in [1.807, 2.05) is 29.2 Å². The van der Waals surface area contributed by atoms with Gasteiger partial charge in [0.15, 0.2) is 9.84 Å². The van der Waals surface area contributed by atoms with Crippen LogP contribution in [0.4, 0.5) is 0 Å². The average Bonchev–Trinajstić information content (AvgIpc) is 2.90. The molecule has 0 amide bonds. The van der Waals surface area contributed by atoms with Gasteiger partial charge in [0.2, 0.25) is 0 Å². The largest absolute Gasteiger partial charge is 0.497 e. The number of ether oxygens (including phenoxy) is 1. The normalized spacial score (nSPS) is 26.3. The third-order valence-electron chi connectivity index (χ3n) is 5.04. The first kappa shape index (κ1) is 18.2. The Morgan fingerprint density at radius 1 is 1.24 bits per heavy atom. The Hall–Kier alpha value is -1.64. The molecule has 2 fully saturated rings. The van der Waals surface area contributed by atoms with E-state index in [2.05, 4.69) is 4.90 Å². The highest BCUT2D eigenvalue weighted by Crippen LogP contribution is 2.28. The SMILES string of the molecule is COc1cccc(CN2CCN(CCC(=O)O)[C@@H]3CS(=O)(=O)C[C@@H]32)c1. The smallest absolute Gasteiger partial charge is 0.304 e. The minimum atomic E-state index is -3.09. The van der Waals surface area contributed by atoms with Crippen molar-refractivity contribution in [3.63, 3.8) is 0 Å². The highest BCUT2D eigenvalue weighted by molar-refractivity contribution is 7.91. The fourth-order valence-electron chi connectivity index (χ4n) is 3.82. The van der Waals surface area contributed by atoms with Crippen molar-refractivity contribution in [2.24, 2.45) is 0 Å². The fourth-order valence-corrected chi connectivity index (χ4v) is 5.86. The van der Waals surface area contributed by atoms with Gasteiger partial charge in [-0.2, -0.15) is 0 Å². The number of methoxy groups -OCH3 is 1. The Morgan fingerprint density at radius 2 is 1.92 bits per heavy atom. The van der Waals surface area contributed by atoms with Crippen LogP contribution < -0.4 is 4.74 Å². The summed E-state index contributed by atoms with van der Waals surface area (Å²) in [7, 11) is -1.47. The predicted octanol–water partition coefficient (Wildman–Crippen LogP) is 0.453. The van der Waals surface area contributed by atoms with Crippen LogP contribution in [0.25, 0.3) is 0 Å². The molecule has 2 aliphatic heterocycles. The second-order valence-corrected chi connectivity index (χ2v) is 8.87. The van der Waals surface area contributed by atoms with Crippen molar-refractivity contribution in [2.75, 3.05) is 38.2 Å². The second-order valence-electron chi connectivity index (χ2n) is 6.71. The standard InChI is InChI=1S/C17H24N2O5S/c1-24-14-4-2-3-13(9-14)10-19-8-7-18(6-5-17(20)21)15-11-25(22,23)12-16(15)19/h2-4,9,15-16H,5-8,10-12H2,1H3,(H,20,21)/t15-,16+/m1/s1. The number of aliphatic carboxylic acids is 1. The van der Waals surface area contributed by atoms with Crippen molar-refractivity contribution in [2.45, 2.75) is 25.0 Å². The molecule has 25 heavy (non-hydrogen) atoms. The van der Waals surface area contributed by atoms with Gasteiger partial charge in [-0.25, -0.2) is 8.42 Å². The molecule has 7 nitrogen and oxygen atoms in total. The van der Waals surface area contributed by atoms with Gasteiger partial charge in [0.25, 0.3) is 0 Å². The number of carbonyl (C=O) groups is 1. The highest BCUT2D eigenvalue weighted by Gasteiger charge is 2.46. The van der Waals surface area contributed by atoms with Gasteiger partial charge in [-0.15, -0.1) is 0 Å². The summed E-state index contributed by atoms with van der Waals surface area (Å²) in [5.41, 5.74) is 1.08. The molecule has 0 spiro atoms. The summed E-state index contributed by atoms with van der Waals surface area (Å²) in [6, 6.07) is 7.59. The number of carboxylic acid groups (broad SMARTS) is 1. The number of benzene rings is 1. The predicted molar refractivity (Wildman–Crippen MR) is 93.5 cm³/mol. The number of fused-ring (bicyclic) bond motifs is 1. The summed E-state index contributed by atoms with van der Waals surface area (Å²) in [4.78, 5) is 15.1. The minimum Gasteiger partial charge on any atom is -0.497 e. The molecule has 2 saturated heterocycles. The van der Waals surface area contributed by atoms with Gasteiger partial charge in [-0.3, -0.25) is 14.6 Å². The molecule has 1 N–H and O–H groups in total. The quantitative estimate of drug-likeness (QED) is 0.780. The number of hydrogen-bond acceptors (Lipinski definition) is 6. The first-order chi connectivity index (χ1) is 11.9. The number of sulfone groups is 1. The van der Waals surface area contributed by atoms with Crippen molar-refractivity contribution in [3.8, 4) is 5.75 Å². The number of rotatable bonds is 6. The van der Waals surface area contributed by atoms with Crippen LogP contribution >= 0.6 is 0 Å². The van der Waals surface area contributed by atoms with Crippen molar-refractivity contribution >= 4 is 15.8 Å². The summed E-state index contributed by atoms with van der Waals surface area (Å²) in [5.74, 6) is 0.196. The maximum Gasteiger partial charge on any atom is 0.304 e. The summed E-state index contributed by atoms with van der Waals surface area (Å²) in [5, 5.41) is 8.92. The van der Waals surface area contributed by atoms with E-state index in [9.17, 15) is 13.2 Å². The molecule has 1 aromatic carbocycles. The van der Waals surface area contributed by atoms with Crippen LogP contribution in [-0.2, 0) is 21.2 Å². The van der Waals surface area contributed by atoms with Gasteiger partial charge in [-0.1, -0.05) is 12.1 Å².